The summed E-state index contributed by atoms with van der Waals surface area (Å²) in [5.74, 6) is 0.279. The molecule has 0 unspecified atom stereocenters. The second-order valence-corrected chi connectivity index (χ2v) is 11.7. The van der Waals surface area contributed by atoms with Gasteiger partial charge in [0.15, 0.2) is 0 Å². The molecule has 0 radical (unpaired) electrons. The lowest BCUT2D eigenvalue weighted by molar-refractivity contribution is -0.165. The third-order valence-corrected chi connectivity index (χ3v) is 8.87. The van der Waals surface area contributed by atoms with Crippen LogP contribution in [0.15, 0.2) is 24.4 Å². The molecule has 0 saturated carbocycles. The Morgan fingerprint density at radius 3 is 2.47 bits per heavy atom. The normalized spacial score (nSPS) is 27.2. The molecule has 3 fully saturated rings. The minimum atomic E-state index is -1.16. The zero-order valence-electron chi connectivity index (χ0n) is 23.0. The third-order valence-electron chi connectivity index (χ3n) is 8.87. The fourth-order valence-corrected chi connectivity index (χ4v) is 6.09. The molecule has 4 heterocycles. The van der Waals surface area contributed by atoms with Crippen molar-refractivity contribution in [3.05, 3.63) is 30.1 Å². The predicted molar refractivity (Wildman–Crippen MR) is 144 cm³/mol. The minimum absolute atomic E-state index is 0.140. The van der Waals surface area contributed by atoms with Crippen LogP contribution in [0.25, 0.3) is 0 Å². The van der Waals surface area contributed by atoms with Gasteiger partial charge in [0.1, 0.15) is 12.7 Å². The first-order valence-corrected chi connectivity index (χ1v) is 14.5. The maximum Gasteiger partial charge on any atom is 0.312 e. The van der Waals surface area contributed by atoms with Gasteiger partial charge in [0.2, 0.25) is 5.91 Å². The van der Waals surface area contributed by atoms with Gasteiger partial charge in [0.05, 0.1) is 17.2 Å². The van der Waals surface area contributed by atoms with E-state index in [0.717, 1.165) is 64.1 Å². The van der Waals surface area contributed by atoms with Crippen LogP contribution in [0.5, 0.6) is 0 Å². The van der Waals surface area contributed by atoms with Crippen LogP contribution in [0.2, 0.25) is 0 Å². The molecule has 3 saturated heterocycles. The fraction of sp³-hybridized carbons (Fsp3) is 0.759. The number of rotatable bonds is 4. The van der Waals surface area contributed by atoms with E-state index in [1.165, 1.54) is 0 Å². The number of aliphatic hydroxyl groups excluding tert-OH is 2. The molecule has 2 atom stereocenters. The Morgan fingerprint density at radius 1 is 1.00 bits per heavy atom. The molecule has 9 heteroatoms. The molecule has 1 aromatic heterocycles. The first-order valence-electron chi connectivity index (χ1n) is 14.5. The van der Waals surface area contributed by atoms with Crippen LogP contribution in [0.4, 0.5) is 0 Å². The van der Waals surface area contributed by atoms with Gasteiger partial charge in [-0.15, -0.1) is 0 Å². The van der Waals surface area contributed by atoms with Gasteiger partial charge in [-0.2, -0.15) is 0 Å². The number of pyridine rings is 1. The first kappa shape index (κ1) is 28.9. The van der Waals surface area contributed by atoms with Gasteiger partial charge in [-0.3, -0.25) is 19.5 Å². The van der Waals surface area contributed by atoms with E-state index >= 15 is 0 Å². The lowest BCUT2D eigenvalue weighted by Crippen LogP contribution is -2.46. The summed E-state index contributed by atoms with van der Waals surface area (Å²) in [6, 6.07) is 5.92. The van der Waals surface area contributed by atoms with Crippen molar-refractivity contribution in [3.8, 4) is 0 Å². The number of nitrogens with zero attached hydrogens (tertiary/aromatic N) is 4. The van der Waals surface area contributed by atoms with Gasteiger partial charge in [0.25, 0.3) is 0 Å². The van der Waals surface area contributed by atoms with Crippen molar-refractivity contribution in [2.24, 2.45) is 11.3 Å². The van der Waals surface area contributed by atoms with Gasteiger partial charge in [-0.05, 0) is 96.2 Å². The summed E-state index contributed by atoms with van der Waals surface area (Å²) in [5.41, 5.74) is 0.422. The van der Waals surface area contributed by atoms with Gasteiger partial charge in [-0.1, -0.05) is 12.5 Å². The number of esters is 1. The van der Waals surface area contributed by atoms with E-state index in [4.69, 9.17) is 4.74 Å². The zero-order valence-corrected chi connectivity index (χ0v) is 23.0. The number of likely N-dealkylation sites (tertiary alicyclic amines) is 2. The topological polar surface area (TPSA) is 106 Å². The van der Waals surface area contributed by atoms with E-state index in [2.05, 4.69) is 21.8 Å². The van der Waals surface area contributed by atoms with Crippen molar-refractivity contribution >= 4 is 11.9 Å². The molecule has 9 nitrogen and oxygen atoms in total. The van der Waals surface area contributed by atoms with Crippen LogP contribution in [0, 0.1) is 11.3 Å². The van der Waals surface area contributed by atoms with Gasteiger partial charge in [0, 0.05) is 32.3 Å². The van der Waals surface area contributed by atoms with Crippen molar-refractivity contribution < 1.29 is 24.5 Å². The molecule has 1 aromatic rings. The Morgan fingerprint density at radius 2 is 1.76 bits per heavy atom. The average molecular weight is 531 g/mol. The highest BCUT2D eigenvalue weighted by Crippen LogP contribution is 2.38. The van der Waals surface area contributed by atoms with E-state index in [9.17, 15) is 19.8 Å². The number of hydrogen-bond acceptors (Lipinski definition) is 8. The number of ether oxygens (including phenoxy) is 1. The molecule has 0 bridgehead atoms. The summed E-state index contributed by atoms with van der Waals surface area (Å²) in [5, 5.41) is 21.1. The quantitative estimate of drug-likeness (QED) is 0.570. The van der Waals surface area contributed by atoms with Gasteiger partial charge in [-0.25, -0.2) is 0 Å². The molecule has 2 N–H and O–H groups in total. The van der Waals surface area contributed by atoms with Crippen LogP contribution in [0.3, 0.4) is 0 Å². The number of cyclic esters (lactones) is 1. The van der Waals surface area contributed by atoms with Crippen LogP contribution in [-0.4, -0.2) is 107 Å². The van der Waals surface area contributed by atoms with E-state index in [-0.39, 0.29) is 24.9 Å². The van der Waals surface area contributed by atoms with Crippen molar-refractivity contribution in [3.63, 3.8) is 0 Å². The lowest BCUT2D eigenvalue weighted by atomic mass is 9.74. The molecular weight excluding hydrogens is 484 g/mol. The molecule has 212 valence electrons. The monoisotopic (exact) mass is 530 g/mol. The Bertz CT molecular complexity index is 884. The Hall–Kier alpha value is -2.07. The highest BCUT2D eigenvalue weighted by Gasteiger charge is 2.42. The van der Waals surface area contributed by atoms with E-state index in [1.807, 2.05) is 23.1 Å². The van der Waals surface area contributed by atoms with E-state index in [0.29, 0.717) is 44.7 Å². The summed E-state index contributed by atoms with van der Waals surface area (Å²) in [6.07, 6.45) is 6.22. The predicted octanol–water partition coefficient (Wildman–Crippen LogP) is 2.06. The smallest absolute Gasteiger partial charge is 0.312 e. The second-order valence-electron chi connectivity index (χ2n) is 11.7. The number of carbonyl (C=O) groups is 2. The Labute approximate surface area is 227 Å². The van der Waals surface area contributed by atoms with Crippen LogP contribution in [0.1, 0.15) is 63.5 Å². The molecule has 1 amide bonds. The lowest BCUT2D eigenvalue weighted by Gasteiger charge is -2.40. The zero-order chi connectivity index (χ0) is 27.0. The molecule has 38 heavy (non-hydrogen) atoms. The number of piperidine rings is 2. The van der Waals surface area contributed by atoms with Gasteiger partial charge < -0.3 is 24.7 Å². The Balaban J connectivity index is 1.37. The second kappa shape index (κ2) is 13.8. The van der Waals surface area contributed by atoms with Crippen molar-refractivity contribution in [2.75, 3.05) is 52.9 Å². The SMILES string of the molecule is CN1CCC(CC(=O)N2CCCCC3(CCN(Cc4ccccn4)CC3)C(=O)OC[C@@H](O)[C@@H](O)CC2)CC1. The first-order chi connectivity index (χ1) is 18.3. The number of amides is 1. The molecule has 0 aliphatic carbocycles. The summed E-state index contributed by atoms with van der Waals surface area (Å²) in [4.78, 5) is 37.5. The summed E-state index contributed by atoms with van der Waals surface area (Å²) < 4.78 is 5.60. The molecule has 0 aromatic carbocycles. The largest absolute Gasteiger partial charge is 0.462 e. The standard InChI is InChI=1S/C29H46N4O5/c1-31-15-7-23(8-16-31)20-27(36)33-14-5-3-10-29(28(37)38-22-26(35)25(34)9-17-33)11-18-32(19-12-29)21-24-6-2-4-13-30-24/h2,4,6,13,23,25-26,34-35H,3,5,7-12,14-22H2,1H3/t25-,26+/m0/s1. The van der Waals surface area contributed by atoms with Crippen molar-refractivity contribution in [2.45, 2.75) is 76.5 Å². The van der Waals surface area contributed by atoms with Crippen LogP contribution in [-0.2, 0) is 20.9 Å². The highest BCUT2D eigenvalue weighted by atomic mass is 16.5. The average Bonchev–Trinajstić information content (AvgIpc) is 2.94. The van der Waals surface area contributed by atoms with E-state index in [1.54, 1.807) is 6.20 Å². The molecule has 3 aliphatic rings. The number of aliphatic hydroxyl groups is 2. The Kier molecular flexibility index (Phi) is 10.5. The summed E-state index contributed by atoms with van der Waals surface area (Å²) in [7, 11) is 2.12. The number of aromatic nitrogens is 1. The summed E-state index contributed by atoms with van der Waals surface area (Å²) >= 11 is 0. The molecule has 4 rings (SSSR count). The molecular formula is C29H46N4O5. The number of carbonyl (C=O) groups excluding carboxylic acids is 2. The highest BCUT2D eigenvalue weighted by molar-refractivity contribution is 5.77. The van der Waals surface area contributed by atoms with E-state index < -0.39 is 17.6 Å². The maximum absolute atomic E-state index is 13.3. The number of hydrogen-bond donors (Lipinski definition) is 2. The molecule has 3 aliphatic heterocycles. The molecule has 1 spiro atoms. The van der Waals surface area contributed by atoms with Crippen LogP contribution >= 0.6 is 0 Å². The van der Waals surface area contributed by atoms with Crippen molar-refractivity contribution in [1.29, 1.82) is 0 Å². The van der Waals surface area contributed by atoms with Crippen LogP contribution < -0.4 is 0 Å². The fourth-order valence-electron chi connectivity index (χ4n) is 6.09. The van der Waals surface area contributed by atoms with Gasteiger partial charge >= 0.3 is 5.97 Å². The minimum Gasteiger partial charge on any atom is -0.462 e. The van der Waals surface area contributed by atoms with Crippen molar-refractivity contribution in [1.82, 2.24) is 19.7 Å². The summed E-state index contributed by atoms with van der Waals surface area (Å²) in [6.45, 7) is 5.16. The third kappa shape index (κ3) is 7.97. The maximum atomic E-state index is 13.3.